The first-order valence-electron chi connectivity index (χ1n) is 5.02. The Bertz CT molecular complexity index is 447. The summed E-state index contributed by atoms with van der Waals surface area (Å²) in [7, 11) is 0. The number of ether oxygens (including phenoxy) is 1. The van der Waals surface area contributed by atoms with Crippen molar-refractivity contribution in [3.05, 3.63) is 27.5 Å². The zero-order valence-electron chi connectivity index (χ0n) is 8.21. The summed E-state index contributed by atoms with van der Waals surface area (Å²) in [6.45, 7) is 2.17. The van der Waals surface area contributed by atoms with Crippen molar-refractivity contribution < 1.29 is 9.53 Å². The maximum atomic E-state index is 11.4. The van der Waals surface area contributed by atoms with Crippen LogP contribution in [-0.2, 0) is 11.3 Å². The van der Waals surface area contributed by atoms with E-state index in [9.17, 15) is 4.79 Å². The highest BCUT2D eigenvalue weighted by Crippen LogP contribution is 2.33. The predicted molar refractivity (Wildman–Crippen MR) is 58.9 cm³/mol. The number of hydrogen-bond acceptors (Lipinski definition) is 3. The molecule has 0 bridgehead atoms. The summed E-state index contributed by atoms with van der Waals surface area (Å²) < 4.78 is 5.28. The summed E-state index contributed by atoms with van der Waals surface area (Å²) in [4.78, 5) is 12.3. The van der Waals surface area contributed by atoms with Crippen LogP contribution >= 0.6 is 11.3 Å². The standard InChI is InChI=1S/C11H11NO2S/c13-11-10-8(5-12-11)9(6-15-10)7-1-3-14-4-2-7/h1,6H,2-5H2,(H,12,13). The highest BCUT2D eigenvalue weighted by atomic mass is 32.1. The fourth-order valence-electron chi connectivity index (χ4n) is 2.04. The first-order chi connectivity index (χ1) is 7.36. The van der Waals surface area contributed by atoms with E-state index in [-0.39, 0.29) is 5.91 Å². The zero-order chi connectivity index (χ0) is 10.3. The average Bonchev–Trinajstić information content (AvgIpc) is 2.83. The minimum absolute atomic E-state index is 0.0777. The number of thiophene rings is 1. The molecule has 0 aromatic carbocycles. The van der Waals surface area contributed by atoms with Crippen LogP contribution in [0.15, 0.2) is 11.5 Å². The van der Waals surface area contributed by atoms with Gasteiger partial charge in [-0.15, -0.1) is 11.3 Å². The van der Waals surface area contributed by atoms with Crippen LogP contribution in [0, 0.1) is 0 Å². The topological polar surface area (TPSA) is 38.3 Å². The monoisotopic (exact) mass is 221 g/mol. The van der Waals surface area contributed by atoms with E-state index in [2.05, 4.69) is 16.8 Å². The minimum atomic E-state index is 0.0777. The third kappa shape index (κ3) is 1.41. The summed E-state index contributed by atoms with van der Waals surface area (Å²) in [5.41, 5.74) is 3.75. The van der Waals surface area contributed by atoms with Crippen molar-refractivity contribution in [3.63, 3.8) is 0 Å². The molecule has 0 radical (unpaired) electrons. The van der Waals surface area contributed by atoms with E-state index in [0.29, 0.717) is 13.2 Å². The molecule has 0 unspecified atom stereocenters. The van der Waals surface area contributed by atoms with Crippen LogP contribution in [0.4, 0.5) is 0 Å². The van der Waals surface area contributed by atoms with E-state index in [1.807, 2.05) is 0 Å². The van der Waals surface area contributed by atoms with Gasteiger partial charge in [0.2, 0.25) is 0 Å². The molecule has 3 rings (SSSR count). The second-order valence-electron chi connectivity index (χ2n) is 3.69. The van der Waals surface area contributed by atoms with Gasteiger partial charge in [0, 0.05) is 12.1 Å². The summed E-state index contributed by atoms with van der Waals surface area (Å²) >= 11 is 1.55. The Kier molecular flexibility index (Phi) is 2.11. The fourth-order valence-corrected chi connectivity index (χ4v) is 3.07. The van der Waals surface area contributed by atoms with Crippen molar-refractivity contribution in [1.82, 2.24) is 5.32 Å². The largest absolute Gasteiger partial charge is 0.377 e. The molecule has 3 nitrogen and oxygen atoms in total. The SMILES string of the molecule is O=C1NCc2c(C3=CCOCC3)csc21. The van der Waals surface area contributed by atoms with Gasteiger partial charge in [-0.05, 0) is 22.9 Å². The maximum absolute atomic E-state index is 11.4. The molecule has 1 aromatic heterocycles. The molecule has 0 fully saturated rings. The van der Waals surface area contributed by atoms with Gasteiger partial charge >= 0.3 is 0 Å². The molecule has 0 saturated carbocycles. The average molecular weight is 221 g/mol. The van der Waals surface area contributed by atoms with Crippen LogP contribution in [0.1, 0.15) is 27.2 Å². The Hall–Kier alpha value is -1.13. The number of rotatable bonds is 1. The third-order valence-electron chi connectivity index (χ3n) is 2.84. The van der Waals surface area contributed by atoms with Gasteiger partial charge in [0.05, 0.1) is 18.1 Å². The van der Waals surface area contributed by atoms with E-state index in [4.69, 9.17) is 4.74 Å². The minimum Gasteiger partial charge on any atom is -0.377 e. The first-order valence-corrected chi connectivity index (χ1v) is 5.90. The Balaban J connectivity index is 2.03. The van der Waals surface area contributed by atoms with Crippen molar-refractivity contribution in [2.24, 2.45) is 0 Å². The third-order valence-corrected chi connectivity index (χ3v) is 3.86. The van der Waals surface area contributed by atoms with Crippen LogP contribution in [0.5, 0.6) is 0 Å². The van der Waals surface area contributed by atoms with Crippen LogP contribution < -0.4 is 5.32 Å². The molecule has 1 aromatic rings. The molecule has 0 spiro atoms. The first kappa shape index (κ1) is 9.12. The Morgan fingerprint density at radius 2 is 2.40 bits per heavy atom. The van der Waals surface area contributed by atoms with Crippen LogP contribution in [0.25, 0.3) is 5.57 Å². The molecule has 78 valence electrons. The molecular formula is C11H11NO2S. The lowest BCUT2D eigenvalue weighted by atomic mass is 10.0. The highest BCUT2D eigenvalue weighted by Gasteiger charge is 2.25. The van der Waals surface area contributed by atoms with E-state index >= 15 is 0 Å². The second kappa shape index (κ2) is 3.47. The molecule has 15 heavy (non-hydrogen) atoms. The number of carbonyl (C=O) groups is 1. The van der Waals surface area contributed by atoms with Crippen molar-refractivity contribution in [2.75, 3.05) is 13.2 Å². The number of nitrogens with one attached hydrogen (secondary N) is 1. The van der Waals surface area contributed by atoms with E-state index in [0.717, 1.165) is 17.9 Å². The molecule has 0 atom stereocenters. The Morgan fingerprint density at radius 1 is 1.47 bits per heavy atom. The quantitative estimate of drug-likeness (QED) is 0.785. The molecule has 3 heterocycles. The lowest BCUT2D eigenvalue weighted by molar-refractivity contribution is 0.0969. The predicted octanol–water partition coefficient (Wildman–Crippen LogP) is 1.80. The molecule has 2 aliphatic rings. The molecule has 0 aliphatic carbocycles. The molecule has 0 saturated heterocycles. The van der Waals surface area contributed by atoms with Gasteiger partial charge in [0.25, 0.3) is 5.91 Å². The number of amides is 1. The number of hydrogen-bond donors (Lipinski definition) is 1. The van der Waals surface area contributed by atoms with E-state index in [1.54, 1.807) is 11.3 Å². The van der Waals surface area contributed by atoms with Gasteiger partial charge in [0.1, 0.15) is 0 Å². The summed E-state index contributed by atoms with van der Waals surface area (Å²) in [6.07, 6.45) is 3.08. The zero-order valence-corrected chi connectivity index (χ0v) is 9.02. The molecule has 4 heteroatoms. The van der Waals surface area contributed by atoms with Crippen LogP contribution in [0.2, 0.25) is 0 Å². The highest BCUT2D eigenvalue weighted by molar-refractivity contribution is 7.12. The van der Waals surface area contributed by atoms with Crippen molar-refractivity contribution >= 4 is 22.8 Å². The summed E-state index contributed by atoms with van der Waals surface area (Å²) in [6, 6.07) is 0. The van der Waals surface area contributed by atoms with Gasteiger partial charge in [-0.2, -0.15) is 0 Å². The molecular weight excluding hydrogens is 210 g/mol. The normalized spacial score (nSPS) is 19.7. The van der Waals surface area contributed by atoms with E-state index < -0.39 is 0 Å². The maximum Gasteiger partial charge on any atom is 0.261 e. The van der Waals surface area contributed by atoms with Gasteiger partial charge in [0.15, 0.2) is 0 Å². The summed E-state index contributed by atoms with van der Waals surface area (Å²) in [5.74, 6) is 0.0777. The molecule has 2 aliphatic heterocycles. The van der Waals surface area contributed by atoms with Gasteiger partial charge in [-0.3, -0.25) is 4.79 Å². The Labute approximate surface area is 91.8 Å². The fraction of sp³-hybridized carbons (Fsp3) is 0.364. The van der Waals surface area contributed by atoms with Crippen LogP contribution in [-0.4, -0.2) is 19.1 Å². The number of carbonyl (C=O) groups excluding carboxylic acids is 1. The van der Waals surface area contributed by atoms with E-state index in [1.165, 1.54) is 16.7 Å². The smallest absolute Gasteiger partial charge is 0.261 e. The van der Waals surface area contributed by atoms with Gasteiger partial charge in [-0.1, -0.05) is 6.08 Å². The Morgan fingerprint density at radius 3 is 3.20 bits per heavy atom. The molecule has 1 N–H and O–H groups in total. The second-order valence-corrected chi connectivity index (χ2v) is 4.57. The van der Waals surface area contributed by atoms with Gasteiger partial charge < -0.3 is 10.1 Å². The molecule has 1 amide bonds. The lowest BCUT2D eigenvalue weighted by Crippen LogP contribution is -2.12. The summed E-state index contributed by atoms with van der Waals surface area (Å²) in [5, 5.41) is 4.96. The number of fused-ring (bicyclic) bond motifs is 1. The van der Waals surface area contributed by atoms with Crippen molar-refractivity contribution in [1.29, 1.82) is 0 Å². The lowest BCUT2D eigenvalue weighted by Gasteiger charge is -2.13. The van der Waals surface area contributed by atoms with Gasteiger partial charge in [-0.25, -0.2) is 0 Å². The van der Waals surface area contributed by atoms with Crippen molar-refractivity contribution in [3.8, 4) is 0 Å². The van der Waals surface area contributed by atoms with Crippen molar-refractivity contribution in [2.45, 2.75) is 13.0 Å². The van der Waals surface area contributed by atoms with Crippen LogP contribution in [0.3, 0.4) is 0 Å².